The van der Waals surface area contributed by atoms with Crippen LogP contribution in [0.4, 0.5) is 0 Å². The molecule has 0 unspecified atom stereocenters. The van der Waals surface area contributed by atoms with Crippen LogP contribution in [-0.2, 0) is 0 Å². The van der Waals surface area contributed by atoms with Crippen LogP contribution < -0.4 is 0 Å². The number of thioether (sulfide) groups is 1. The van der Waals surface area contributed by atoms with E-state index < -0.39 is 0 Å². The first kappa shape index (κ1) is 21.9. The molecule has 0 aromatic heterocycles. The molecule has 0 aliphatic heterocycles. The van der Waals surface area contributed by atoms with Crippen LogP contribution >= 0.6 is 11.8 Å². The lowest BCUT2D eigenvalue weighted by atomic mass is 10.0. The van der Waals surface area contributed by atoms with E-state index in [0.29, 0.717) is 0 Å². The van der Waals surface area contributed by atoms with E-state index in [0.717, 1.165) is 13.1 Å². The van der Waals surface area contributed by atoms with Crippen molar-refractivity contribution in [1.82, 2.24) is 0 Å². The Morgan fingerprint density at radius 2 is 0.955 bits per heavy atom. The minimum atomic E-state index is 0.916. The van der Waals surface area contributed by atoms with Gasteiger partial charge in [-0.1, -0.05) is 84.0 Å². The monoisotopic (exact) mass is 328 g/mol. The Morgan fingerprint density at radius 3 is 1.41 bits per heavy atom. The van der Waals surface area contributed by atoms with E-state index in [1.165, 1.54) is 95.6 Å². The largest absolute Gasteiger partial charge is 0.194 e. The molecule has 0 spiro atoms. The lowest BCUT2D eigenvalue weighted by Gasteiger charge is -2.02. The minimum absolute atomic E-state index is 0.916. The van der Waals surface area contributed by atoms with Gasteiger partial charge in [0, 0.05) is 0 Å². The molecule has 22 heavy (non-hydrogen) atoms. The van der Waals surface area contributed by atoms with Gasteiger partial charge < -0.3 is 0 Å². The highest BCUT2D eigenvalue weighted by Gasteiger charge is 1.93. The van der Waals surface area contributed by atoms with E-state index in [-0.39, 0.29) is 0 Å². The zero-order valence-corrected chi connectivity index (χ0v) is 16.1. The van der Waals surface area contributed by atoms with Crippen molar-refractivity contribution in [2.24, 2.45) is 10.2 Å². The number of azo groups is 1. The van der Waals surface area contributed by atoms with Gasteiger partial charge in [-0.05, 0) is 24.9 Å². The second-order valence-electron chi connectivity index (χ2n) is 6.32. The van der Waals surface area contributed by atoms with Crippen molar-refractivity contribution in [3.8, 4) is 0 Å². The van der Waals surface area contributed by atoms with Crippen LogP contribution in [0.5, 0.6) is 0 Å². The van der Waals surface area contributed by atoms with Crippen LogP contribution in [0.15, 0.2) is 10.2 Å². The average Bonchev–Trinajstić information content (AvgIpc) is 2.54. The normalized spacial score (nSPS) is 11.5. The first-order chi connectivity index (χ1) is 10.9. The van der Waals surface area contributed by atoms with Crippen LogP contribution in [0, 0.1) is 0 Å². The maximum atomic E-state index is 4.25. The van der Waals surface area contributed by atoms with Gasteiger partial charge in [0.15, 0.2) is 0 Å². The van der Waals surface area contributed by atoms with Crippen molar-refractivity contribution in [2.45, 2.75) is 96.8 Å². The second-order valence-corrected chi connectivity index (χ2v) is 7.30. The zero-order valence-electron chi connectivity index (χ0n) is 15.3. The molecule has 0 aliphatic carbocycles. The molecule has 0 aromatic rings. The molecule has 0 aliphatic rings. The van der Waals surface area contributed by atoms with E-state index in [9.17, 15) is 0 Å². The molecular weight excluding hydrogens is 288 g/mol. The quantitative estimate of drug-likeness (QED) is 0.191. The molecule has 0 rings (SSSR count). The second kappa shape index (κ2) is 20.9. The van der Waals surface area contributed by atoms with Crippen molar-refractivity contribution >= 4 is 11.8 Å². The standard InChI is InChI=1S/C19H40N2S/c1-3-4-5-6-7-8-9-10-11-12-13-14-15-17-20-21-18-16-19-22-2/h3-19H2,1-2H3. The topological polar surface area (TPSA) is 24.7 Å². The van der Waals surface area contributed by atoms with Gasteiger partial charge in [0.1, 0.15) is 0 Å². The Kier molecular flexibility index (Phi) is 20.9. The number of rotatable bonds is 18. The molecule has 0 saturated heterocycles. The lowest BCUT2D eigenvalue weighted by Crippen LogP contribution is -1.86. The van der Waals surface area contributed by atoms with Crippen LogP contribution in [0.3, 0.4) is 0 Å². The molecule has 2 nitrogen and oxygen atoms in total. The highest BCUT2D eigenvalue weighted by Crippen LogP contribution is 2.12. The molecule has 0 bridgehead atoms. The maximum absolute atomic E-state index is 4.25. The van der Waals surface area contributed by atoms with Gasteiger partial charge in [0.2, 0.25) is 0 Å². The smallest absolute Gasteiger partial charge is 0.0606 e. The summed E-state index contributed by atoms with van der Waals surface area (Å²) in [6.45, 7) is 4.14. The summed E-state index contributed by atoms with van der Waals surface area (Å²) < 4.78 is 0. The average molecular weight is 329 g/mol. The van der Waals surface area contributed by atoms with Gasteiger partial charge in [-0.2, -0.15) is 22.0 Å². The van der Waals surface area contributed by atoms with Crippen LogP contribution in [-0.4, -0.2) is 25.1 Å². The Labute approximate surface area is 144 Å². The summed E-state index contributed by atoms with van der Waals surface area (Å²) in [5, 5.41) is 8.46. The van der Waals surface area contributed by atoms with Crippen LogP contribution in [0.25, 0.3) is 0 Å². The third-order valence-electron chi connectivity index (χ3n) is 4.07. The predicted octanol–water partition coefficient (Wildman–Crippen LogP) is 7.28. The van der Waals surface area contributed by atoms with E-state index >= 15 is 0 Å². The summed E-state index contributed by atoms with van der Waals surface area (Å²) in [6, 6.07) is 0. The van der Waals surface area contributed by atoms with E-state index in [2.05, 4.69) is 23.4 Å². The Bertz CT molecular complexity index is 219. The Hall–Kier alpha value is -0.0500. The summed E-state index contributed by atoms with van der Waals surface area (Å²) in [5.41, 5.74) is 0. The Morgan fingerprint density at radius 1 is 0.545 bits per heavy atom. The van der Waals surface area contributed by atoms with E-state index in [1.807, 2.05) is 11.8 Å². The van der Waals surface area contributed by atoms with Crippen molar-refractivity contribution in [3.63, 3.8) is 0 Å². The van der Waals surface area contributed by atoms with Gasteiger partial charge in [0.05, 0.1) is 13.1 Å². The lowest BCUT2D eigenvalue weighted by molar-refractivity contribution is 0.539. The van der Waals surface area contributed by atoms with Crippen LogP contribution in [0.1, 0.15) is 96.8 Å². The van der Waals surface area contributed by atoms with E-state index in [1.54, 1.807) is 0 Å². The molecule has 0 N–H and O–H groups in total. The molecule has 0 heterocycles. The summed E-state index contributed by atoms with van der Waals surface area (Å²) in [7, 11) is 0. The SMILES string of the molecule is CCCCCCCCCCCCCCCN=NCCCSC. The van der Waals surface area contributed by atoms with Gasteiger partial charge in [-0.3, -0.25) is 0 Å². The fourth-order valence-electron chi connectivity index (χ4n) is 2.62. The summed E-state index contributed by atoms with van der Waals surface area (Å²) in [6.07, 6.45) is 21.6. The third-order valence-corrected chi connectivity index (χ3v) is 4.77. The van der Waals surface area contributed by atoms with Gasteiger partial charge in [-0.25, -0.2) is 0 Å². The fraction of sp³-hybridized carbons (Fsp3) is 1.00. The molecular formula is C19H40N2S. The predicted molar refractivity (Wildman–Crippen MR) is 103 cm³/mol. The third kappa shape index (κ3) is 19.9. The van der Waals surface area contributed by atoms with Crippen molar-refractivity contribution in [1.29, 1.82) is 0 Å². The molecule has 0 amide bonds. The Balaban J connectivity index is 2.99. The number of hydrogen-bond donors (Lipinski definition) is 0. The number of hydrogen-bond acceptors (Lipinski definition) is 3. The molecule has 132 valence electrons. The number of unbranched alkanes of at least 4 members (excludes halogenated alkanes) is 12. The summed E-state index contributed by atoms with van der Waals surface area (Å²) >= 11 is 1.89. The zero-order chi connectivity index (χ0) is 16.1. The highest BCUT2D eigenvalue weighted by atomic mass is 32.2. The summed E-state index contributed by atoms with van der Waals surface area (Å²) in [4.78, 5) is 0. The van der Waals surface area contributed by atoms with E-state index in [4.69, 9.17) is 0 Å². The van der Waals surface area contributed by atoms with Gasteiger partial charge in [-0.15, -0.1) is 0 Å². The molecule has 0 radical (unpaired) electrons. The highest BCUT2D eigenvalue weighted by molar-refractivity contribution is 7.98. The fourth-order valence-corrected chi connectivity index (χ4v) is 3.04. The molecule has 0 saturated carbocycles. The molecule has 0 atom stereocenters. The maximum Gasteiger partial charge on any atom is 0.0606 e. The molecule has 0 fully saturated rings. The van der Waals surface area contributed by atoms with Crippen molar-refractivity contribution < 1.29 is 0 Å². The summed E-state index contributed by atoms with van der Waals surface area (Å²) in [5.74, 6) is 1.21. The van der Waals surface area contributed by atoms with Gasteiger partial charge in [0.25, 0.3) is 0 Å². The van der Waals surface area contributed by atoms with Crippen molar-refractivity contribution in [3.05, 3.63) is 0 Å². The van der Waals surface area contributed by atoms with Crippen LogP contribution in [0.2, 0.25) is 0 Å². The van der Waals surface area contributed by atoms with Crippen molar-refractivity contribution in [2.75, 3.05) is 25.1 Å². The first-order valence-corrected chi connectivity index (χ1v) is 11.1. The van der Waals surface area contributed by atoms with Gasteiger partial charge >= 0.3 is 0 Å². The molecule has 3 heteroatoms. The number of nitrogens with zero attached hydrogens (tertiary/aromatic N) is 2. The molecule has 0 aromatic carbocycles. The first-order valence-electron chi connectivity index (χ1n) is 9.74. The minimum Gasteiger partial charge on any atom is -0.194 e.